The second-order valence-electron chi connectivity index (χ2n) is 8.70. The predicted molar refractivity (Wildman–Crippen MR) is 140 cm³/mol. The van der Waals surface area contributed by atoms with Gasteiger partial charge in [0.1, 0.15) is 5.52 Å². The number of anilines is 3. The Labute approximate surface area is 209 Å². The molecular weight excluding hydrogens is 456 g/mol. The number of pyridine rings is 1. The van der Waals surface area contributed by atoms with Crippen LogP contribution in [0.5, 0.6) is 11.5 Å². The van der Waals surface area contributed by atoms with Gasteiger partial charge in [0.25, 0.3) is 0 Å². The van der Waals surface area contributed by atoms with E-state index in [2.05, 4.69) is 14.9 Å². The molecule has 2 aromatic carbocycles. The lowest BCUT2D eigenvalue weighted by molar-refractivity contribution is -0.121. The normalized spacial score (nSPS) is 15.2. The molecule has 4 aromatic rings. The number of rotatable bonds is 6. The van der Waals surface area contributed by atoms with Crippen molar-refractivity contribution in [3.63, 3.8) is 0 Å². The lowest BCUT2D eigenvalue weighted by Crippen LogP contribution is -2.34. The zero-order chi connectivity index (χ0) is 25.2. The van der Waals surface area contributed by atoms with E-state index < -0.39 is 0 Å². The minimum atomic E-state index is -0.157. The minimum absolute atomic E-state index is 0.0778. The van der Waals surface area contributed by atoms with Crippen molar-refractivity contribution in [2.75, 3.05) is 49.9 Å². The fourth-order valence-corrected chi connectivity index (χ4v) is 4.60. The van der Waals surface area contributed by atoms with Gasteiger partial charge in [0.15, 0.2) is 17.3 Å². The number of ether oxygens (including phenoxy) is 2. The highest BCUT2D eigenvalue weighted by molar-refractivity contribution is 5.96. The molecule has 184 valence electrons. The van der Waals surface area contributed by atoms with E-state index in [0.717, 1.165) is 23.4 Å². The average Bonchev–Trinajstić information content (AvgIpc) is 3.41. The van der Waals surface area contributed by atoms with Gasteiger partial charge in [-0.2, -0.15) is 4.98 Å². The molecule has 0 aliphatic carbocycles. The molecule has 2 N–H and O–H groups in total. The van der Waals surface area contributed by atoms with Gasteiger partial charge in [-0.15, -0.1) is 0 Å². The quantitative estimate of drug-likeness (QED) is 0.441. The molecule has 0 unspecified atom stereocenters. The van der Waals surface area contributed by atoms with Gasteiger partial charge in [0, 0.05) is 31.4 Å². The van der Waals surface area contributed by atoms with Crippen LogP contribution in [-0.2, 0) is 4.79 Å². The van der Waals surface area contributed by atoms with Gasteiger partial charge in [-0.3, -0.25) is 4.79 Å². The van der Waals surface area contributed by atoms with Crippen molar-refractivity contribution in [2.24, 2.45) is 5.92 Å². The van der Waals surface area contributed by atoms with Crippen LogP contribution in [0.3, 0.4) is 0 Å². The number of nitrogens with two attached hydrogens (primary N) is 1. The summed E-state index contributed by atoms with van der Waals surface area (Å²) in [5, 5.41) is 0. The van der Waals surface area contributed by atoms with Crippen molar-refractivity contribution >= 4 is 34.4 Å². The molecule has 0 radical (unpaired) electrons. The molecule has 2 aromatic heterocycles. The third-order valence-electron chi connectivity index (χ3n) is 6.53. The second kappa shape index (κ2) is 9.69. The number of hydrogen-bond acceptors (Lipinski definition) is 8. The summed E-state index contributed by atoms with van der Waals surface area (Å²) >= 11 is 0. The Morgan fingerprint density at radius 3 is 2.53 bits per heavy atom. The first-order chi connectivity index (χ1) is 17.5. The number of fused-ring (bicyclic) bond motifs is 1. The van der Waals surface area contributed by atoms with Crippen molar-refractivity contribution in [3.8, 4) is 22.8 Å². The first-order valence-electron chi connectivity index (χ1n) is 11.7. The number of nitrogens with zero attached hydrogens (tertiary/aromatic N) is 5. The predicted octanol–water partition coefficient (Wildman–Crippen LogP) is 3.78. The number of benzene rings is 2. The van der Waals surface area contributed by atoms with E-state index >= 15 is 0 Å². The maximum absolute atomic E-state index is 13.2. The highest BCUT2D eigenvalue weighted by atomic mass is 16.5. The van der Waals surface area contributed by atoms with E-state index in [0.29, 0.717) is 41.4 Å². The smallest absolute Gasteiger partial charge is 0.231 e. The number of nitrogen functional groups attached to an aromatic ring is 1. The second-order valence-corrected chi connectivity index (χ2v) is 8.70. The maximum atomic E-state index is 13.2. The summed E-state index contributed by atoms with van der Waals surface area (Å²) in [6, 6.07) is 19.1. The molecule has 1 aliphatic rings. The van der Waals surface area contributed by atoms with E-state index in [-0.39, 0.29) is 17.8 Å². The van der Waals surface area contributed by atoms with Gasteiger partial charge in [-0.1, -0.05) is 18.2 Å². The molecule has 5 rings (SSSR count). The molecule has 0 spiro atoms. The Bertz CT molecular complexity index is 1410. The minimum Gasteiger partial charge on any atom is -0.493 e. The topological polar surface area (TPSA) is 107 Å². The van der Waals surface area contributed by atoms with Crippen molar-refractivity contribution in [1.29, 1.82) is 0 Å². The molecule has 9 heteroatoms. The summed E-state index contributed by atoms with van der Waals surface area (Å²) in [7, 11) is 5.02. The first-order valence-corrected chi connectivity index (χ1v) is 11.7. The van der Waals surface area contributed by atoms with Crippen molar-refractivity contribution in [2.45, 2.75) is 6.42 Å². The maximum Gasteiger partial charge on any atom is 0.231 e. The molecule has 0 bridgehead atoms. The van der Waals surface area contributed by atoms with Crippen molar-refractivity contribution in [1.82, 2.24) is 15.0 Å². The van der Waals surface area contributed by atoms with Crippen LogP contribution in [0.4, 0.5) is 17.5 Å². The number of hydrogen-bond donors (Lipinski definition) is 1. The molecule has 0 saturated carbocycles. The van der Waals surface area contributed by atoms with Crippen LogP contribution in [0.15, 0.2) is 60.7 Å². The Kier molecular flexibility index (Phi) is 6.28. The summed E-state index contributed by atoms with van der Waals surface area (Å²) in [6.45, 7) is 1.21. The van der Waals surface area contributed by atoms with Crippen LogP contribution in [-0.4, -0.2) is 55.2 Å². The zero-order valence-corrected chi connectivity index (χ0v) is 20.5. The van der Waals surface area contributed by atoms with Crippen LogP contribution in [0.1, 0.15) is 6.42 Å². The van der Waals surface area contributed by atoms with Crippen LogP contribution in [0.25, 0.3) is 22.3 Å². The van der Waals surface area contributed by atoms with Crippen LogP contribution in [0.2, 0.25) is 0 Å². The standard InChI is InChI=1S/C27H28N6O3/c1-32(19-7-5-4-6-8-19)26(34)18-13-14-33(16-18)25-24-21(30-27(28)31-25)11-10-20(29-24)17-9-12-22(35-2)23(15-17)36-3/h4-12,15,18H,13-14,16H2,1-3H3,(H2,28,30,31)/t18-/m0/s1. The molecule has 1 atom stereocenters. The van der Waals surface area contributed by atoms with Crippen LogP contribution in [0, 0.1) is 5.92 Å². The largest absolute Gasteiger partial charge is 0.493 e. The van der Waals surface area contributed by atoms with Gasteiger partial charge in [-0.25, -0.2) is 9.97 Å². The van der Waals surface area contributed by atoms with Gasteiger partial charge in [0.2, 0.25) is 11.9 Å². The van der Waals surface area contributed by atoms with E-state index in [1.807, 2.05) is 67.7 Å². The molecule has 1 amide bonds. The Morgan fingerprint density at radius 1 is 1.00 bits per heavy atom. The fraction of sp³-hybridized carbons (Fsp3) is 0.259. The van der Waals surface area contributed by atoms with E-state index in [1.165, 1.54) is 0 Å². The fourth-order valence-electron chi connectivity index (χ4n) is 4.60. The SMILES string of the molecule is COc1ccc(-c2ccc3nc(N)nc(N4CC[C@H](C(=O)N(C)c5ccccc5)C4)c3n2)cc1OC. The number of amides is 1. The monoisotopic (exact) mass is 484 g/mol. The number of carbonyl (C=O) groups is 1. The third kappa shape index (κ3) is 4.35. The molecule has 3 heterocycles. The highest BCUT2D eigenvalue weighted by Gasteiger charge is 2.32. The van der Waals surface area contributed by atoms with Gasteiger partial charge in [-0.05, 0) is 48.9 Å². The number of methoxy groups -OCH3 is 2. The average molecular weight is 485 g/mol. The van der Waals surface area contributed by atoms with E-state index in [9.17, 15) is 4.79 Å². The summed E-state index contributed by atoms with van der Waals surface area (Å²) < 4.78 is 10.8. The number of carbonyl (C=O) groups excluding carboxylic acids is 1. The lowest BCUT2D eigenvalue weighted by Gasteiger charge is -2.22. The van der Waals surface area contributed by atoms with E-state index in [4.69, 9.17) is 20.2 Å². The van der Waals surface area contributed by atoms with Crippen LogP contribution < -0.4 is 25.0 Å². The first kappa shape index (κ1) is 23.3. The molecule has 1 saturated heterocycles. The van der Waals surface area contributed by atoms with Gasteiger partial charge >= 0.3 is 0 Å². The molecule has 1 aliphatic heterocycles. The number of para-hydroxylation sites is 1. The zero-order valence-electron chi connectivity index (χ0n) is 20.5. The Balaban J connectivity index is 1.46. The Morgan fingerprint density at radius 2 is 1.78 bits per heavy atom. The van der Waals surface area contributed by atoms with Gasteiger partial charge in [0.05, 0.1) is 31.3 Å². The van der Waals surface area contributed by atoms with E-state index in [1.54, 1.807) is 19.1 Å². The van der Waals surface area contributed by atoms with Crippen LogP contribution >= 0.6 is 0 Å². The molecular formula is C27H28N6O3. The van der Waals surface area contributed by atoms with Gasteiger partial charge < -0.3 is 25.0 Å². The third-order valence-corrected chi connectivity index (χ3v) is 6.53. The highest BCUT2D eigenvalue weighted by Crippen LogP contribution is 2.34. The molecule has 9 nitrogen and oxygen atoms in total. The summed E-state index contributed by atoms with van der Waals surface area (Å²) in [4.78, 5) is 30.8. The van der Waals surface area contributed by atoms with Crippen molar-refractivity contribution < 1.29 is 14.3 Å². The summed E-state index contributed by atoms with van der Waals surface area (Å²) in [5.41, 5.74) is 9.83. The summed E-state index contributed by atoms with van der Waals surface area (Å²) in [6.07, 6.45) is 0.719. The Hall–Kier alpha value is -4.40. The number of aromatic nitrogens is 3. The molecule has 1 fully saturated rings. The molecule has 36 heavy (non-hydrogen) atoms. The van der Waals surface area contributed by atoms with Crippen molar-refractivity contribution in [3.05, 3.63) is 60.7 Å². The lowest BCUT2D eigenvalue weighted by atomic mass is 10.1. The summed E-state index contributed by atoms with van der Waals surface area (Å²) in [5.74, 6) is 2.00.